The van der Waals surface area contributed by atoms with E-state index >= 15 is 0 Å². The number of thiophene rings is 1. The molecule has 0 spiro atoms. The number of rotatable bonds is 2. The number of halogens is 1. The highest BCUT2D eigenvalue weighted by molar-refractivity contribution is 9.10. The van der Waals surface area contributed by atoms with Gasteiger partial charge in [0.1, 0.15) is 0 Å². The third-order valence-electron chi connectivity index (χ3n) is 2.38. The number of H-pyrrole nitrogens is 1. The van der Waals surface area contributed by atoms with Gasteiger partial charge in [-0.1, -0.05) is 6.92 Å². The van der Waals surface area contributed by atoms with E-state index in [4.69, 9.17) is 0 Å². The van der Waals surface area contributed by atoms with Crippen LogP contribution in [0.15, 0.2) is 20.7 Å². The molecule has 2 rings (SSSR count). The fraction of sp³-hybridized carbons (Fsp3) is 0.273. The second-order valence-corrected chi connectivity index (χ2v) is 5.29. The van der Waals surface area contributed by atoms with Crippen molar-refractivity contribution in [2.24, 2.45) is 0 Å². The molecule has 2 heterocycles. The van der Waals surface area contributed by atoms with Crippen molar-refractivity contribution in [3.63, 3.8) is 0 Å². The summed E-state index contributed by atoms with van der Waals surface area (Å²) in [6.07, 6.45) is 0.711. The van der Waals surface area contributed by atoms with E-state index in [-0.39, 0.29) is 5.56 Å². The van der Waals surface area contributed by atoms with E-state index in [0.717, 1.165) is 20.6 Å². The quantitative estimate of drug-likeness (QED) is 0.926. The van der Waals surface area contributed by atoms with Gasteiger partial charge in [0.05, 0.1) is 4.88 Å². The number of aryl methyl sites for hydroxylation is 1. The number of hydrogen-bond acceptors (Lipinski definition) is 3. The Hall–Kier alpha value is -0.940. The second-order valence-electron chi connectivity index (χ2n) is 3.46. The molecule has 2 aromatic heterocycles. The third kappa shape index (κ3) is 2.10. The predicted octanol–water partition coefficient (Wildman–Crippen LogP) is 3.13. The third-order valence-corrected chi connectivity index (χ3v) is 4.07. The zero-order chi connectivity index (χ0) is 11.7. The average Bonchev–Trinajstić information content (AvgIpc) is 2.64. The fourth-order valence-corrected chi connectivity index (χ4v) is 2.95. The van der Waals surface area contributed by atoms with Crippen molar-refractivity contribution < 1.29 is 0 Å². The van der Waals surface area contributed by atoms with Crippen LogP contribution in [0, 0.1) is 6.92 Å². The monoisotopic (exact) mass is 298 g/mol. The van der Waals surface area contributed by atoms with E-state index < -0.39 is 0 Å². The van der Waals surface area contributed by atoms with Gasteiger partial charge in [-0.3, -0.25) is 4.79 Å². The minimum Gasteiger partial charge on any atom is -0.306 e. The van der Waals surface area contributed by atoms with Crippen LogP contribution in [0.5, 0.6) is 0 Å². The van der Waals surface area contributed by atoms with Crippen molar-refractivity contribution in [3.05, 3.63) is 37.5 Å². The van der Waals surface area contributed by atoms with Crippen LogP contribution in [-0.2, 0) is 6.42 Å². The van der Waals surface area contributed by atoms with E-state index in [2.05, 4.69) is 25.9 Å². The predicted molar refractivity (Wildman–Crippen MR) is 70.0 cm³/mol. The summed E-state index contributed by atoms with van der Waals surface area (Å²) in [6, 6.07) is 1.95. The normalized spacial score (nSPS) is 10.7. The molecule has 1 N–H and O–H groups in total. The van der Waals surface area contributed by atoms with Crippen molar-refractivity contribution in [3.8, 4) is 10.7 Å². The van der Waals surface area contributed by atoms with E-state index in [9.17, 15) is 4.79 Å². The molecule has 16 heavy (non-hydrogen) atoms. The second kappa shape index (κ2) is 4.51. The summed E-state index contributed by atoms with van der Waals surface area (Å²) >= 11 is 4.94. The maximum absolute atomic E-state index is 11.8. The van der Waals surface area contributed by atoms with E-state index in [1.165, 1.54) is 0 Å². The molecule has 0 aliphatic rings. The standard InChI is InChI=1S/C11H11BrN2OS/c1-3-8-6(2)13-10(14-11(8)15)9-4-7(12)5-16-9/h4-5H,3H2,1-2H3,(H,13,14,15). The largest absolute Gasteiger partial charge is 0.306 e. The van der Waals surface area contributed by atoms with Crippen molar-refractivity contribution >= 4 is 27.3 Å². The molecular weight excluding hydrogens is 288 g/mol. The van der Waals surface area contributed by atoms with Gasteiger partial charge in [0.25, 0.3) is 5.56 Å². The van der Waals surface area contributed by atoms with Crippen LogP contribution in [-0.4, -0.2) is 9.97 Å². The van der Waals surface area contributed by atoms with Gasteiger partial charge in [0.15, 0.2) is 5.82 Å². The Balaban J connectivity index is 2.56. The Labute approximate surface area is 106 Å². The molecule has 0 radical (unpaired) electrons. The Bertz CT molecular complexity index is 574. The number of nitrogens with zero attached hydrogens (tertiary/aromatic N) is 1. The number of aromatic amines is 1. The summed E-state index contributed by atoms with van der Waals surface area (Å²) in [5.74, 6) is 0.649. The molecule has 0 saturated carbocycles. The van der Waals surface area contributed by atoms with Crippen LogP contribution in [0.4, 0.5) is 0 Å². The smallest absolute Gasteiger partial charge is 0.254 e. The van der Waals surface area contributed by atoms with Gasteiger partial charge < -0.3 is 4.98 Å². The van der Waals surface area contributed by atoms with Gasteiger partial charge >= 0.3 is 0 Å². The van der Waals surface area contributed by atoms with Crippen molar-refractivity contribution in [1.29, 1.82) is 0 Å². The van der Waals surface area contributed by atoms with Gasteiger partial charge in [-0.25, -0.2) is 4.98 Å². The highest BCUT2D eigenvalue weighted by atomic mass is 79.9. The van der Waals surface area contributed by atoms with Gasteiger partial charge in [-0.2, -0.15) is 0 Å². The highest BCUT2D eigenvalue weighted by Crippen LogP contribution is 2.27. The first-order chi connectivity index (χ1) is 7.61. The fourth-order valence-electron chi connectivity index (χ4n) is 1.58. The lowest BCUT2D eigenvalue weighted by Gasteiger charge is -2.03. The molecule has 84 valence electrons. The van der Waals surface area contributed by atoms with Crippen molar-refractivity contribution in [2.45, 2.75) is 20.3 Å². The lowest BCUT2D eigenvalue weighted by molar-refractivity contribution is 0.970. The van der Waals surface area contributed by atoms with E-state index in [1.54, 1.807) is 11.3 Å². The summed E-state index contributed by atoms with van der Waals surface area (Å²) in [5.41, 5.74) is 1.54. The molecule has 0 aliphatic carbocycles. The Kier molecular flexibility index (Phi) is 3.25. The van der Waals surface area contributed by atoms with Crippen molar-refractivity contribution in [1.82, 2.24) is 9.97 Å². The highest BCUT2D eigenvalue weighted by Gasteiger charge is 2.09. The van der Waals surface area contributed by atoms with Gasteiger partial charge in [-0.05, 0) is 35.3 Å². The van der Waals surface area contributed by atoms with Crippen LogP contribution in [0.2, 0.25) is 0 Å². The first kappa shape index (κ1) is 11.5. The number of nitrogens with one attached hydrogen (secondary N) is 1. The number of hydrogen-bond donors (Lipinski definition) is 1. The molecule has 0 atom stereocenters. The Morgan fingerprint density at radius 2 is 2.31 bits per heavy atom. The average molecular weight is 299 g/mol. The van der Waals surface area contributed by atoms with Crippen LogP contribution in [0.3, 0.4) is 0 Å². The van der Waals surface area contributed by atoms with Crippen LogP contribution in [0.1, 0.15) is 18.2 Å². The van der Waals surface area contributed by atoms with Crippen LogP contribution < -0.4 is 5.56 Å². The minimum atomic E-state index is -0.0328. The molecule has 0 aliphatic heterocycles. The molecule has 3 nitrogen and oxygen atoms in total. The first-order valence-corrected chi connectivity index (χ1v) is 6.63. The van der Waals surface area contributed by atoms with Crippen LogP contribution >= 0.6 is 27.3 Å². The first-order valence-electron chi connectivity index (χ1n) is 4.96. The topological polar surface area (TPSA) is 45.8 Å². The van der Waals surface area contributed by atoms with Gasteiger partial charge in [0, 0.05) is 21.1 Å². The molecule has 0 fully saturated rings. The summed E-state index contributed by atoms with van der Waals surface area (Å²) in [7, 11) is 0. The number of aromatic nitrogens is 2. The maximum atomic E-state index is 11.8. The molecule has 0 saturated heterocycles. The molecule has 0 aromatic carbocycles. The maximum Gasteiger partial charge on any atom is 0.254 e. The van der Waals surface area contributed by atoms with Crippen molar-refractivity contribution in [2.75, 3.05) is 0 Å². The molecule has 5 heteroatoms. The van der Waals surface area contributed by atoms with E-state index in [1.807, 2.05) is 25.3 Å². The minimum absolute atomic E-state index is 0.0328. The Morgan fingerprint density at radius 1 is 1.56 bits per heavy atom. The van der Waals surface area contributed by atoms with Gasteiger partial charge in [0.2, 0.25) is 0 Å². The van der Waals surface area contributed by atoms with Gasteiger partial charge in [-0.15, -0.1) is 11.3 Å². The molecular formula is C11H11BrN2OS. The molecule has 0 unspecified atom stereocenters. The molecule has 0 amide bonds. The molecule has 0 bridgehead atoms. The van der Waals surface area contributed by atoms with Crippen LogP contribution in [0.25, 0.3) is 10.7 Å². The molecule has 2 aromatic rings. The summed E-state index contributed by atoms with van der Waals surface area (Å²) in [6.45, 7) is 3.83. The van der Waals surface area contributed by atoms with E-state index in [0.29, 0.717) is 12.2 Å². The summed E-state index contributed by atoms with van der Waals surface area (Å²) < 4.78 is 1.01. The zero-order valence-corrected chi connectivity index (χ0v) is 11.4. The summed E-state index contributed by atoms with van der Waals surface area (Å²) in [4.78, 5) is 20.0. The summed E-state index contributed by atoms with van der Waals surface area (Å²) in [5, 5.41) is 1.97. The lowest BCUT2D eigenvalue weighted by Crippen LogP contribution is -2.16. The zero-order valence-electron chi connectivity index (χ0n) is 9.00. The lowest BCUT2D eigenvalue weighted by atomic mass is 10.2. The SMILES string of the molecule is CCc1c(C)nc(-c2cc(Br)cs2)[nH]c1=O. The Morgan fingerprint density at radius 3 is 2.81 bits per heavy atom.